The molecule has 2 aromatic rings. The summed E-state index contributed by atoms with van der Waals surface area (Å²) in [5, 5.41) is 4.87. The Morgan fingerprint density at radius 1 is 1.19 bits per heavy atom. The standard InChI is InChI=1S/C19H19Cl2FN2O3/c1-11(14-7-17(22)16(21)8-15(14)20)23-10-18(25)24-9-12-3-5-13(6-4-12)19(26)27-2/h3-8,11,23H,9-10H2,1-2H3,(H,24,25)/p+1/t11-/m0/s1. The normalized spacial score (nSPS) is 11.7. The third kappa shape index (κ3) is 5.92. The molecular weight excluding hydrogens is 394 g/mol. The Hall–Kier alpha value is -2.15. The lowest BCUT2D eigenvalue weighted by atomic mass is 10.1. The van der Waals surface area contributed by atoms with E-state index in [2.05, 4.69) is 10.1 Å². The molecule has 8 heteroatoms. The van der Waals surface area contributed by atoms with Gasteiger partial charge in [-0.1, -0.05) is 35.3 Å². The fourth-order valence-electron chi connectivity index (χ4n) is 2.45. The summed E-state index contributed by atoms with van der Waals surface area (Å²) in [6.45, 7) is 2.31. The van der Waals surface area contributed by atoms with Crippen molar-refractivity contribution in [3.8, 4) is 0 Å². The number of ether oxygens (including phenoxy) is 1. The summed E-state index contributed by atoms with van der Waals surface area (Å²) in [5.41, 5.74) is 1.87. The predicted octanol–water partition coefficient (Wildman–Crippen LogP) is 2.86. The van der Waals surface area contributed by atoms with Crippen LogP contribution in [0.1, 0.15) is 34.5 Å². The average molecular weight is 414 g/mol. The lowest BCUT2D eigenvalue weighted by molar-refractivity contribution is -0.682. The van der Waals surface area contributed by atoms with E-state index < -0.39 is 11.8 Å². The first kappa shape index (κ1) is 21.2. The summed E-state index contributed by atoms with van der Waals surface area (Å²) in [5.74, 6) is -1.13. The number of quaternary nitrogens is 1. The van der Waals surface area contributed by atoms with E-state index in [4.69, 9.17) is 23.2 Å². The van der Waals surface area contributed by atoms with Crippen LogP contribution in [0.3, 0.4) is 0 Å². The number of nitrogens with two attached hydrogens (primary N) is 1. The van der Waals surface area contributed by atoms with E-state index in [1.54, 1.807) is 29.6 Å². The minimum Gasteiger partial charge on any atom is -0.465 e. The number of methoxy groups -OCH3 is 1. The van der Waals surface area contributed by atoms with Crippen LogP contribution in [0.25, 0.3) is 0 Å². The third-order valence-electron chi connectivity index (χ3n) is 4.05. The van der Waals surface area contributed by atoms with Gasteiger partial charge in [0.25, 0.3) is 5.91 Å². The monoisotopic (exact) mass is 413 g/mol. The largest absolute Gasteiger partial charge is 0.465 e. The second-order valence-corrected chi connectivity index (χ2v) is 6.80. The molecule has 0 bridgehead atoms. The summed E-state index contributed by atoms with van der Waals surface area (Å²) >= 11 is 11.8. The van der Waals surface area contributed by atoms with E-state index >= 15 is 0 Å². The van der Waals surface area contributed by atoms with Crippen LogP contribution in [-0.4, -0.2) is 25.5 Å². The lowest BCUT2D eigenvalue weighted by Crippen LogP contribution is -2.87. The fourth-order valence-corrected chi connectivity index (χ4v) is 3.00. The molecule has 5 nitrogen and oxygen atoms in total. The second-order valence-electron chi connectivity index (χ2n) is 5.98. The maximum atomic E-state index is 13.6. The molecule has 1 atom stereocenters. The summed E-state index contributed by atoms with van der Waals surface area (Å²) in [4.78, 5) is 23.4. The Balaban J connectivity index is 1.84. The van der Waals surface area contributed by atoms with Crippen molar-refractivity contribution in [3.05, 3.63) is 69.0 Å². The molecule has 0 aliphatic rings. The molecule has 1 amide bonds. The fraction of sp³-hybridized carbons (Fsp3) is 0.263. The van der Waals surface area contributed by atoms with Gasteiger partial charge in [-0.3, -0.25) is 4.79 Å². The molecule has 0 radical (unpaired) electrons. The van der Waals surface area contributed by atoms with Gasteiger partial charge in [-0.25, -0.2) is 9.18 Å². The highest BCUT2D eigenvalue weighted by atomic mass is 35.5. The molecule has 0 heterocycles. The molecule has 0 saturated heterocycles. The molecule has 0 aliphatic carbocycles. The molecule has 0 aromatic heterocycles. The van der Waals surface area contributed by atoms with Crippen molar-refractivity contribution in [1.82, 2.24) is 5.32 Å². The van der Waals surface area contributed by atoms with Gasteiger partial charge in [0.2, 0.25) is 0 Å². The van der Waals surface area contributed by atoms with Crippen LogP contribution in [0.4, 0.5) is 4.39 Å². The number of esters is 1. The molecule has 2 aromatic carbocycles. The Kier molecular flexibility index (Phi) is 7.59. The highest BCUT2D eigenvalue weighted by molar-refractivity contribution is 6.35. The maximum Gasteiger partial charge on any atom is 0.337 e. The zero-order valence-corrected chi connectivity index (χ0v) is 16.4. The van der Waals surface area contributed by atoms with Crippen molar-refractivity contribution in [1.29, 1.82) is 0 Å². The van der Waals surface area contributed by atoms with Crippen LogP contribution in [0.15, 0.2) is 36.4 Å². The van der Waals surface area contributed by atoms with Crippen molar-refractivity contribution < 1.29 is 24.0 Å². The van der Waals surface area contributed by atoms with Crippen LogP contribution < -0.4 is 10.6 Å². The molecule has 0 fully saturated rings. The quantitative estimate of drug-likeness (QED) is 0.541. The van der Waals surface area contributed by atoms with Crippen LogP contribution in [-0.2, 0) is 16.1 Å². The molecule has 3 N–H and O–H groups in total. The number of halogens is 3. The lowest BCUT2D eigenvalue weighted by Gasteiger charge is -2.13. The first-order chi connectivity index (χ1) is 12.8. The maximum absolute atomic E-state index is 13.6. The molecule has 2 rings (SSSR count). The number of hydrogen-bond acceptors (Lipinski definition) is 3. The molecular formula is C19H20Cl2FN2O3+. The highest BCUT2D eigenvalue weighted by Gasteiger charge is 2.17. The van der Waals surface area contributed by atoms with E-state index in [1.807, 2.05) is 6.92 Å². The van der Waals surface area contributed by atoms with Crippen molar-refractivity contribution in [3.63, 3.8) is 0 Å². The van der Waals surface area contributed by atoms with Crippen molar-refractivity contribution in [2.24, 2.45) is 0 Å². The van der Waals surface area contributed by atoms with Crippen molar-refractivity contribution >= 4 is 35.1 Å². The van der Waals surface area contributed by atoms with E-state index in [0.717, 1.165) is 5.56 Å². The topological polar surface area (TPSA) is 72.0 Å². The summed E-state index contributed by atoms with van der Waals surface area (Å²) in [6, 6.07) is 9.19. The number of benzene rings is 2. The first-order valence-electron chi connectivity index (χ1n) is 8.23. The van der Waals surface area contributed by atoms with Gasteiger partial charge in [0.05, 0.1) is 22.7 Å². The number of hydrogen-bond donors (Lipinski definition) is 2. The molecule has 0 unspecified atom stereocenters. The number of rotatable bonds is 7. The van der Waals surface area contributed by atoms with Crippen molar-refractivity contribution in [2.75, 3.05) is 13.7 Å². The summed E-state index contributed by atoms with van der Waals surface area (Å²) in [6.07, 6.45) is 0. The van der Waals surface area contributed by atoms with Gasteiger partial charge in [0.15, 0.2) is 6.54 Å². The van der Waals surface area contributed by atoms with Gasteiger partial charge in [-0.05, 0) is 36.8 Å². The van der Waals surface area contributed by atoms with E-state index in [-0.39, 0.29) is 23.5 Å². The SMILES string of the molecule is COC(=O)c1ccc(CNC(=O)C[NH2+][C@@H](C)c2cc(F)c(Cl)cc2Cl)cc1. The molecule has 0 saturated carbocycles. The minimum atomic E-state index is -0.545. The van der Waals surface area contributed by atoms with E-state index in [1.165, 1.54) is 19.2 Å². The average Bonchev–Trinajstić information content (AvgIpc) is 2.67. The van der Waals surface area contributed by atoms with Gasteiger partial charge in [0.1, 0.15) is 11.9 Å². The third-order valence-corrected chi connectivity index (χ3v) is 4.67. The summed E-state index contributed by atoms with van der Waals surface area (Å²) < 4.78 is 18.2. The zero-order valence-electron chi connectivity index (χ0n) is 14.9. The zero-order chi connectivity index (χ0) is 20.0. The number of nitrogens with one attached hydrogen (secondary N) is 1. The molecule has 144 valence electrons. The Morgan fingerprint density at radius 2 is 1.85 bits per heavy atom. The molecule has 0 spiro atoms. The number of carbonyl (C=O) groups excluding carboxylic acids is 2. The smallest absolute Gasteiger partial charge is 0.337 e. The van der Waals surface area contributed by atoms with E-state index in [9.17, 15) is 14.0 Å². The van der Waals surface area contributed by atoms with Crippen LogP contribution >= 0.6 is 23.2 Å². The number of amides is 1. The van der Waals surface area contributed by atoms with Crippen LogP contribution in [0.5, 0.6) is 0 Å². The van der Waals surface area contributed by atoms with E-state index in [0.29, 0.717) is 22.7 Å². The Morgan fingerprint density at radius 3 is 2.48 bits per heavy atom. The minimum absolute atomic E-state index is 0.0353. The number of carbonyl (C=O) groups is 2. The highest BCUT2D eigenvalue weighted by Crippen LogP contribution is 2.27. The van der Waals surface area contributed by atoms with Gasteiger partial charge < -0.3 is 15.4 Å². The Labute approximate surface area is 166 Å². The Bertz CT molecular complexity index is 828. The molecule has 0 aliphatic heterocycles. The second kappa shape index (κ2) is 9.69. The van der Waals surface area contributed by atoms with Gasteiger partial charge in [0, 0.05) is 12.1 Å². The van der Waals surface area contributed by atoms with Crippen LogP contribution in [0, 0.1) is 5.82 Å². The van der Waals surface area contributed by atoms with Gasteiger partial charge in [-0.2, -0.15) is 0 Å². The van der Waals surface area contributed by atoms with Gasteiger partial charge in [-0.15, -0.1) is 0 Å². The summed E-state index contributed by atoms with van der Waals surface area (Å²) in [7, 11) is 1.32. The van der Waals surface area contributed by atoms with Crippen molar-refractivity contribution in [2.45, 2.75) is 19.5 Å². The first-order valence-corrected chi connectivity index (χ1v) is 8.99. The predicted molar refractivity (Wildman–Crippen MR) is 101 cm³/mol. The molecule has 27 heavy (non-hydrogen) atoms. The van der Waals surface area contributed by atoms with Crippen LogP contribution in [0.2, 0.25) is 10.0 Å². The van der Waals surface area contributed by atoms with Gasteiger partial charge >= 0.3 is 5.97 Å².